The van der Waals surface area contributed by atoms with Crippen molar-refractivity contribution in [3.8, 4) is 0 Å². The summed E-state index contributed by atoms with van der Waals surface area (Å²) in [6, 6.07) is 9.56. The lowest BCUT2D eigenvalue weighted by Gasteiger charge is -2.29. The lowest BCUT2D eigenvalue weighted by atomic mass is 9.91. The van der Waals surface area contributed by atoms with Crippen LogP contribution in [0.4, 0.5) is 0 Å². The molecule has 1 aromatic rings. The summed E-state index contributed by atoms with van der Waals surface area (Å²) in [7, 11) is 1.81. The number of nitrogens with two attached hydrogens (primary N) is 1. The van der Waals surface area contributed by atoms with Gasteiger partial charge in [0.05, 0.1) is 6.04 Å². The maximum atomic E-state index is 12.3. The van der Waals surface area contributed by atoms with Crippen molar-refractivity contribution in [3.63, 3.8) is 0 Å². The maximum absolute atomic E-state index is 12.3. The minimum Gasteiger partial charge on any atom is -0.381 e. The van der Waals surface area contributed by atoms with Crippen LogP contribution in [0.1, 0.15) is 18.4 Å². The predicted octanol–water partition coefficient (Wildman–Crippen LogP) is 1.82. The molecule has 0 saturated carbocycles. The van der Waals surface area contributed by atoms with Crippen molar-refractivity contribution in [2.75, 3.05) is 20.3 Å². The molecule has 0 bridgehead atoms. The summed E-state index contributed by atoms with van der Waals surface area (Å²) in [6.45, 7) is 2.04. The van der Waals surface area contributed by atoms with Crippen molar-refractivity contribution in [1.82, 2.24) is 4.90 Å². The number of nitrogens with zero attached hydrogens (tertiary/aromatic N) is 1. The first-order valence-corrected chi connectivity index (χ1v) is 6.80. The van der Waals surface area contributed by atoms with Crippen LogP contribution in [-0.2, 0) is 16.1 Å². The fourth-order valence-electron chi connectivity index (χ4n) is 2.47. The van der Waals surface area contributed by atoms with Crippen LogP contribution in [0.3, 0.4) is 0 Å². The fourth-order valence-corrected chi connectivity index (χ4v) is 2.47. The van der Waals surface area contributed by atoms with E-state index in [1.165, 1.54) is 0 Å². The Morgan fingerprint density at radius 3 is 2.55 bits per heavy atom. The molecule has 4 nitrogen and oxygen atoms in total. The van der Waals surface area contributed by atoms with Crippen LogP contribution in [0.5, 0.6) is 0 Å². The van der Waals surface area contributed by atoms with E-state index in [1.54, 1.807) is 4.90 Å². The Hall–Kier alpha value is -1.10. The first-order valence-electron chi connectivity index (χ1n) is 6.80. The molecule has 1 unspecified atom stereocenters. The zero-order valence-electron chi connectivity index (χ0n) is 11.8. The molecule has 1 fully saturated rings. The number of amides is 1. The summed E-state index contributed by atoms with van der Waals surface area (Å²) in [6.07, 6.45) is 1.76. The number of likely N-dealkylation sites (N-methyl/N-ethyl adjacent to an activating group) is 1. The molecule has 1 atom stereocenters. The van der Waals surface area contributed by atoms with Crippen molar-refractivity contribution in [1.29, 1.82) is 0 Å². The van der Waals surface area contributed by atoms with Gasteiger partial charge in [0.1, 0.15) is 0 Å². The smallest absolute Gasteiger partial charge is 0.239 e. The minimum absolute atomic E-state index is 0. The van der Waals surface area contributed by atoms with Crippen molar-refractivity contribution in [2.45, 2.75) is 25.4 Å². The zero-order chi connectivity index (χ0) is 13.7. The number of carbonyl (C=O) groups excluding carboxylic acids is 1. The molecule has 0 spiro atoms. The second-order valence-electron chi connectivity index (χ2n) is 5.16. The molecular weight excluding hydrogens is 276 g/mol. The van der Waals surface area contributed by atoms with Crippen molar-refractivity contribution in [2.24, 2.45) is 11.7 Å². The van der Waals surface area contributed by atoms with Gasteiger partial charge in [-0.2, -0.15) is 0 Å². The van der Waals surface area contributed by atoms with Crippen molar-refractivity contribution >= 4 is 18.3 Å². The van der Waals surface area contributed by atoms with Crippen molar-refractivity contribution in [3.05, 3.63) is 35.9 Å². The number of rotatable bonds is 4. The molecule has 1 aromatic carbocycles. The molecule has 1 aliphatic heterocycles. The number of ether oxygens (including phenoxy) is 1. The Bertz CT molecular complexity index is 408. The van der Waals surface area contributed by atoms with Crippen LogP contribution in [0.2, 0.25) is 0 Å². The van der Waals surface area contributed by atoms with Gasteiger partial charge >= 0.3 is 0 Å². The molecule has 1 heterocycles. The average Bonchev–Trinajstić information content (AvgIpc) is 2.47. The molecule has 2 N–H and O–H groups in total. The molecule has 0 aromatic heterocycles. The van der Waals surface area contributed by atoms with Gasteiger partial charge in [0.2, 0.25) is 5.91 Å². The molecule has 112 valence electrons. The van der Waals surface area contributed by atoms with E-state index in [2.05, 4.69) is 0 Å². The Labute approximate surface area is 126 Å². The van der Waals surface area contributed by atoms with Crippen LogP contribution in [0.15, 0.2) is 30.3 Å². The van der Waals surface area contributed by atoms with E-state index in [0.29, 0.717) is 19.8 Å². The Morgan fingerprint density at radius 2 is 1.95 bits per heavy atom. The lowest BCUT2D eigenvalue weighted by Crippen LogP contribution is -2.47. The van der Waals surface area contributed by atoms with E-state index in [0.717, 1.165) is 18.4 Å². The molecule has 0 radical (unpaired) electrons. The topological polar surface area (TPSA) is 55.6 Å². The van der Waals surface area contributed by atoms with E-state index in [1.807, 2.05) is 37.4 Å². The first-order chi connectivity index (χ1) is 9.18. The van der Waals surface area contributed by atoms with Gasteiger partial charge in [0, 0.05) is 26.8 Å². The number of carbonyl (C=O) groups is 1. The molecule has 1 amide bonds. The Balaban J connectivity index is 0.00000200. The lowest BCUT2D eigenvalue weighted by molar-refractivity contribution is -0.133. The highest BCUT2D eigenvalue weighted by atomic mass is 35.5. The van der Waals surface area contributed by atoms with Gasteiger partial charge in [-0.25, -0.2) is 0 Å². The quantitative estimate of drug-likeness (QED) is 0.922. The second kappa shape index (κ2) is 8.25. The summed E-state index contributed by atoms with van der Waals surface area (Å²) >= 11 is 0. The van der Waals surface area contributed by atoms with Gasteiger partial charge < -0.3 is 15.4 Å². The third-order valence-corrected chi connectivity index (χ3v) is 3.70. The molecular formula is C15H23ClN2O2. The van der Waals surface area contributed by atoms with E-state index >= 15 is 0 Å². The third kappa shape index (κ3) is 4.47. The van der Waals surface area contributed by atoms with Crippen molar-refractivity contribution < 1.29 is 9.53 Å². The summed E-state index contributed by atoms with van der Waals surface area (Å²) in [5.74, 6) is 0.273. The molecule has 20 heavy (non-hydrogen) atoms. The molecule has 5 heteroatoms. The highest BCUT2D eigenvalue weighted by Crippen LogP contribution is 2.19. The van der Waals surface area contributed by atoms with E-state index < -0.39 is 6.04 Å². The Morgan fingerprint density at radius 1 is 1.35 bits per heavy atom. The largest absolute Gasteiger partial charge is 0.381 e. The van der Waals surface area contributed by atoms with Gasteiger partial charge in [-0.1, -0.05) is 30.3 Å². The summed E-state index contributed by atoms with van der Waals surface area (Å²) < 4.78 is 5.31. The summed E-state index contributed by atoms with van der Waals surface area (Å²) in [4.78, 5) is 14.0. The number of halogens is 1. The van der Waals surface area contributed by atoms with Gasteiger partial charge in [-0.15, -0.1) is 12.4 Å². The van der Waals surface area contributed by atoms with E-state index in [9.17, 15) is 4.79 Å². The minimum atomic E-state index is -0.405. The van der Waals surface area contributed by atoms with E-state index in [-0.39, 0.29) is 24.2 Å². The second-order valence-corrected chi connectivity index (χ2v) is 5.16. The zero-order valence-corrected chi connectivity index (χ0v) is 12.6. The maximum Gasteiger partial charge on any atom is 0.239 e. The summed E-state index contributed by atoms with van der Waals surface area (Å²) in [5, 5.41) is 0. The average molecular weight is 299 g/mol. The van der Waals surface area contributed by atoms with Crippen LogP contribution in [-0.4, -0.2) is 37.1 Å². The standard InChI is InChI=1S/C15H22N2O2.ClH/c1-17(11-12-5-3-2-4-6-12)15(18)14(16)13-7-9-19-10-8-13;/h2-6,13-14H,7-11,16H2,1H3;1H. The summed E-state index contributed by atoms with van der Waals surface area (Å²) in [5.41, 5.74) is 7.22. The van der Waals surface area contributed by atoms with E-state index in [4.69, 9.17) is 10.5 Å². The molecule has 2 rings (SSSR count). The molecule has 1 saturated heterocycles. The third-order valence-electron chi connectivity index (χ3n) is 3.70. The predicted molar refractivity (Wildman–Crippen MR) is 81.7 cm³/mol. The first kappa shape index (κ1) is 17.0. The van der Waals surface area contributed by atoms with Crippen LogP contribution >= 0.6 is 12.4 Å². The van der Waals surface area contributed by atoms with Gasteiger partial charge in [-0.3, -0.25) is 4.79 Å². The van der Waals surface area contributed by atoms with Gasteiger partial charge in [0.25, 0.3) is 0 Å². The normalized spacial score (nSPS) is 17.1. The van der Waals surface area contributed by atoms with Crippen LogP contribution in [0.25, 0.3) is 0 Å². The van der Waals surface area contributed by atoms with Crippen LogP contribution < -0.4 is 5.73 Å². The highest BCUT2D eigenvalue weighted by molar-refractivity contribution is 5.85. The van der Waals surface area contributed by atoms with Gasteiger partial charge in [-0.05, 0) is 24.3 Å². The Kier molecular flexibility index (Phi) is 6.99. The number of hydrogen-bond acceptors (Lipinski definition) is 3. The van der Waals surface area contributed by atoms with Crippen LogP contribution in [0, 0.1) is 5.92 Å². The highest BCUT2D eigenvalue weighted by Gasteiger charge is 2.28. The monoisotopic (exact) mass is 298 g/mol. The fraction of sp³-hybridized carbons (Fsp3) is 0.533. The number of benzene rings is 1. The van der Waals surface area contributed by atoms with Gasteiger partial charge in [0.15, 0.2) is 0 Å². The molecule has 1 aliphatic rings. The number of hydrogen-bond donors (Lipinski definition) is 1. The SMILES string of the molecule is CN(Cc1ccccc1)C(=O)C(N)C1CCOCC1.Cl. The molecule has 0 aliphatic carbocycles.